The highest BCUT2D eigenvalue weighted by molar-refractivity contribution is 7.98. The molecule has 3 aromatic rings. The molecule has 94 valence electrons. The lowest BCUT2D eigenvalue weighted by Gasteiger charge is -2.15. The van der Waals surface area contributed by atoms with Crippen molar-refractivity contribution >= 4 is 17.5 Å². The van der Waals surface area contributed by atoms with Gasteiger partial charge in [-0.1, -0.05) is 18.2 Å². The first-order chi connectivity index (χ1) is 9.24. The van der Waals surface area contributed by atoms with Gasteiger partial charge >= 0.3 is 0 Å². The lowest BCUT2D eigenvalue weighted by molar-refractivity contribution is 0.973. The van der Waals surface area contributed by atoms with Crippen LogP contribution in [0.1, 0.15) is 17.1 Å². The van der Waals surface area contributed by atoms with Crippen LogP contribution in [0.3, 0.4) is 0 Å². The second-order valence-electron chi connectivity index (χ2n) is 4.87. The fourth-order valence-corrected chi connectivity index (χ4v) is 3.78. The van der Waals surface area contributed by atoms with Crippen LogP contribution in [0.4, 0.5) is 0 Å². The predicted molar refractivity (Wildman–Crippen MR) is 77.5 cm³/mol. The minimum atomic E-state index is 0.819. The van der Waals surface area contributed by atoms with Crippen LogP contribution in [0, 0.1) is 13.8 Å². The number of benzene rings is 1. The molecule has 0 saturated heterocycles. The maximum atomic E-state index is 4.75. The van der Waals surface area contributed by atoms with E-state index in [1.165, 1.54) is 21.8 Å². The molecule has 1 aliphatic rings. The molecule has 2 aromatic heterocycles. The van der Waals surface area contributed by atoms with Crippen molar-refractivity contribution < 1.29 is 0 Å². The maximum absolute atomic E-state index is 4.75. The molecule has 19 heavy (non-hydrogen) atoms. The van der Waals surface area contributed by atoms with Crippen molar-refractivity contribution in [2.24, 2.45) is 0 Å². The molecule has 1 aliphatic heterocycles. The summed E-state index contributed by atoms with van der Waals surface area (Å²) in [5, 5.41) is 0. The van der Waals surface area contributed by atoms with Crippen molar-refractivity contribution in [3.63, 3.8) is 0 Å². The third-order valence-electron chi connectivity index (χ3n) is 3.51. The SMILES string of the molecule is Cc1cc(C)n2c3c(nc2n1)-c1ccccc1SC3. The summed E-state index contributed by atoms with van der Waals surface area (Å²) in [6.45, 7) is 4.14. The molecule has 0 radical (unpaired) electrons. The standard InChI is InChI=1S/C15H13N3S/c1-9-7-10(2)18-12-8-19-13-6-4-3-5-11(13)14(12)17-15(18)16-9/h3-7H,8H2,1-2H3. The van der Waals surface area contributed by atoms with Crippen molar-refractivity contribution in [1.29, 1.82) is 0 Å². The average molecular weight is 267 g/mol. The van der Waals surface area contributed by atoms with Gasteiger partial charge in [-0.2, -0.15) is 0 Å². The minimum Gasteiger partial charge on any atom is -0.284 e. The minimum absolute atomic E-state index is 0.819. The zero-order chi connectivity index (χ0) is 13.0. The van der Waals surface area contributed by atoms with Gasteiger partial charge in [0.2, 0.25) is 5.78 Å². The molecule has 1 aromatic carbocycles. The molecule has 0 aliphatic carbocycles. The molecule has 0 amide bonds. The van der Waals surface area contributed by atoms with E-state index in [0.717, 1.165) is 22.9 Å². The Kier molecular flexibility index (Phi) is 2.23. The summed E-state index contributed by atoms with van der Waals surface area (Å²) in [7, 11) is 0. The van der Waals surface area contributed by atoms with E-state index < -0.39 is 0 Å². The van der Waals surface area contributed by atoms with Crippen LogP contribution in [0.15, 0.2) is 35.2 Å². The monoisotopic (exact) mass is 267 g/mol. The third-order valence-corrected chi connectivity index (χ3v) is 4.59. The molecule has 4 heteroatoms. The molecule has 0 bridgehead atoms. The average Bonchev–Trinajstić information content (AvgIpc) is 2.77. The van der Waals surface area contributed by atoms with E-state index in [9.17, 15) is 0 Å². The molecular weight excluding hydrogens is 254 g/mol. The fraction of sp³-hybridized carbons (Fsp3) is 0.200. The highest BCUT2D eigenvalue weighted by atomic mass is 32.2. The van der Waals surface area contributed by atoms with Crippen LogP contribution in [0.2, 0.25) is 0 Å². The van der Waals surface area contributed by atoms with E-state index >= 15 is 0 Å². The topological polar surface area (TPSA) is 30.2 Å². The van der Waals surface area contributed by atoms with E-state index in [-0.39, 0.29) is 0 Å². The van der Waals surface area contributed by atoms with Gasteiger partial charge in [0.1, 0.15) is 0 Å². The number of fused-ring (bicyclic) bond motifs is 5. The summed E-state index contributed by atoms with van der Waals surface area (Å²) in [5.74, 6) is 1.78. The number of thioether (sulfide) groups is 1. The van der Waals surface area contributed by atoms with Crippen LogP contribution in [0.5, 0.6) is 0 Å². The molecule has 3 heterocycles. The Bertz CT molecular complexity index is 805. The molecule has 0 unspecified atom stereocenters. The molecule has 0 fully saturated rings. The second kappa shape index (κ2) is 3.84. The first kappa shape index (κ1) is 11.1. The Morgan fingerprint density at radius 1 is 1.16 bits per heavy atom. The Labute approximate surface area is 115 Å². The van der Waals surface area contributed by atoms with Crippen molar-refractivity contribution in [3.05, 3.63) is 47.4 Å². The summed E-state index contributed by atoms with van der Waals surface area (Å²) < 4.78 is 2.19. The molecule has 0 spiro atoms. The van der Waals surface area contributed by atoms with Crippen molar-refractivity contribution in [2.75, 3.05) is 0 Å². The Morgan fingerprint density at radius 2 is 2.00 bits per heavy atom. The fourth-order valence-electron chi connectivity index (χ4n) is 2.73. The molecule has 4 rings (SSSR count). The summed E-state index contributed by atoms with van der Waals surface area (Å²) in [5.41, 5.74) is 5.82. The van der Waals surface area contributed by atoms with E-state index in [1.54, 1.807) is 0 Å². The number of aromatic nitrogens is 3. The predicted octanol–water partition coefficient (Wildman–Crippen LogP) is 3.62. The van der Waals surface area contributed by atoms with Gasteiger partial charge in [0.25, 0.3) is 0 Å². The van der Waals surface area contributed by atoms with Gasteiger partial charge in [-0.3, -0.25) is 4.40 Å². The van der Waals surface area contributed by atoms with Crippen molar-refractivity contribution in [3.8, 4) is 11.3 Å². The van der Waals surface area contributed by atoms with Crippen LogP contribution in [-0.4, -0.2) is 14.4 Å². The van der Waals surface area contributed by atoms with E-state index in [4.69, 9.17) is 4.98 Å². The van der Waals surface area contributed by atoms with Gasteiger partial charge < -0.3 is 0 Å². The Hall–Kier alpha value is -1.81. The summed E-state index contributed by atoms with van der Waals surface area (Å²) in [4.78, 5) is 10.6. The Balaban J connectivity index is 2.11. The smallest absolute Gasteiger partial charge is 0.235 e. The summed E-state index contributed by atoms with van der Waals surface area (Å²) in [6.07, 6.45) is 0. The quantitative estimate of drug-likeness (QED) is 0.623. The van der Waals surface area contributed by atoms with Gasteiger partial charge in [0, 0.05) is 27.6 Å². The van der Waals surface area contributed by atoms with Crippen LogP contribution < -0.4 is 0 Å². The van der Waals surface area contributed by atoms with E-state index in [0.29, 0.717) is 0 Å². The molecule has 0 atom stereocenters. The van der Waals surface area contributed by atoms with Crippen molar-refractivity contribution in [1.82, 2.24) is 14.4 Å². The highest BCUT2D eigenvalue weighted by Gasteiger charge is 2.22. The molecule has 0 N–H and O–H groups in total. The van der Waals surface area contributed by atoms with Crippen LogP contribution >= 0.6 is 11.8 Å². The lowest BCUT2D eigenvalue weighted by Crippen LogP contribution is -2.02. The number of hydrogen-bond donors (Lipinski definition) is 0. The van der Waals surface area contributed by atoms with Gasteiger partial charge in [0.05, 0.1) is 11.4 Å². The number of aryl methyl sites for hydroxylation is 2. The zero-order valence-corrected chi connectivity index (χ0v) is 11.7. The molecule has 0 saturated carbocycles. The van der Waals surface area contributed by atoms with E-state index in [2.05, 4.69) is 46.6 Å². The summed E-state index contributed by atoms with van der Waals surface area (Å²) >= 11 is 1.88. The number of imidazole rings is 1. The third kappa shape index (κ3) is 1.53. The van der Waals surface area contributed by atoms with Gasteiger partial charge in [-0.25, -0.2) is 9.97 Å². The highest BCUT2D eigenvalue weighted by Crippen LogP contribution is 2.41. The zero-order valence-electron chi connectivity index (χ0n) is 10.8. The largest absolute Gasteiger partial charge is 0.284 e. The van der Waals surface area contributed by atoms with E-state index in [1.807, 2.05) is 18.7 Å². The maximum Gasteiger partial charge on any atom is 0.235 e. The van der Waals surface area contributed by atoms with Crippen molar-refractivity contribution in [2.45, 2.75) is 24.5 Å². The molecular formula is C15H13N3S. The van der Waals surface area contributed by atoms with Crippen LogP contribution in [-0.2, 0) is 5.75 Å². The second-order valence-corrected chi connectivity index (χ2v) is 5.88. The number of rotatable bonds is 0. The lowest BCUT2D eigenvalue weighted by atomic mass is 10.1. The number of nitrogens with zero attached hydrogens (tertiary/aromatic N) is 3. The molecule has 3 nitrogen and oxygen atoms in total. The first-order valence-electron chi connectivity index (χ1n) is 6.32. The first-order valence-corrected chi connectivity index (χ1v) is 7.30. The summed E-state index contributed by atoms with van der Waals surface area (Å²) in [6, 6.07) is 10.6. The van der Waals surface area contributed by atoms with Gasteiger partial charge in [-0.05, 0) is 26.0 Å². The Morgan fingerprint density at radius 3 is 2.89 bits per heavy atom. The number of hydrogen-bond acceptors (Lipinski definition) is 3. The normalized spacial score (nSPS) is 13.4. The van der Waals surface area contributed by atoms with Crippen LogP contribution in [0.25, 0.3) is 17.0 Å². The van der Waals surface area contributed by atoms with Gasteiger partial charge in [-0.15, -0.1) is 11.8 Å². The van der Waals surface area contributed by atoms with Gasteiger partial charge in [0.15, 0.2) is 0 Å².